The molecule has 1 atom stereocenters. The number of hydrogen-bond donors (Lipinski definition) is 1. The van der Waals surface area contributed by atoms with Gasteiger partial charge in [-0.1, -0.05) is 0 Å². The van der Waals surface area contributed by atoms with E-state index in [2.05, 4.69) is 0 Å². The van der Waals surface area contributed by atoms with Gasteiger partial charge in [-0.15, -0.1) is 0 Å². The Labute approximate surface area is 74.5 Å². The molecule has 1 heterocycles. The van der Waals surface area contributed by atoms with Crippen molar-refractivity contribution in [3.63, 3.8) is 0 Å². The Morgan fingerprint density at radius 2 is 2.00 bits per heavy atom. The highest BCUT2D eigenvalue weighted by Crippen LogP contribution is 2.44. The van der Waals surface area contributed by atoms with Gasteiger partial charge in [-0.3, -0.25) is 0 Å². The number of hydrogen-bond acceptors (Lipinski definition) is 2. The molecule has 2 aliphatic rings. The van der Waals surface area contributed by atoms with Crippen LogP contribution in [0.5, 0.6) is 0 Å². The van der Waals surface area contributed by atoms with E-state index >= 15 is 0 Å². The molecule has 1 aliphatic heterocycles. The van der Waals surface area contributed by atoms with Gasteiger partial charge in [-0.25, -0.2) is 0 Å². The Morgan fingerprint density at radius 3 is 2.58 bits per heavy atom. The summed E-state index contributed by atoms with van der Waals surface area (Å²) in [5.41, 5.74) is 5.84. The molecule has 1 saturated heterocycles. The van der Waals surface area contributed by atoms with Gasteiger partial charge in [0, 0.05) is 0 Å². The number of rotatable bonds is 2. The lowest BCUT2D eigenvalue weighted by Crippen LogP contribution is -2.46. The lowest BCUT2D eigenvalue weighted by Gasteiger charge is -2.47. The molecule has 2 nitrogen and oxygen atoms in total. The summed E-state index contributed by atoms with van der Waals surface area (Å²) < 4.78 is 6.07. The van der Waals surface area contributed by atoms with E-state index in [0.29, 0.717) is 11.7 Å². The van der Waals surface area contributed by atoms with E-state index in [9.17, 15) is 0 Å². The van der Waals surface area contributed by atoms with Gasteiger partial charge in [0.25, 0.3) is 0 Å². The van der Waals surface area contributed by atoms with Gasteiger partial charge in [-0.2, -0.15) is 0 Å². The molecule has 0 aromatic rings. The van der Waals surface area contributed by atoms with Gasteiger partial charge in [0.15, 0.2) is 0 Å². The quantitative estimate of drug-likeness (QED) is 0.684. The molecule has 2 heteroatoms. The first-order valence-electron chi connectivity index (χ1n) is 5.23. The van der Waals surface area contributed by atoms with Crippen LogP contribution < -0.4 is 5.73 Å². The summed E-state index contributed by atoms with van der Waals surface area (Å²) in [7, 11) is 0. The molecule has 1 saturated carbocycles. The fourth-order valence-corrected chi connectivity index (χ4v) is 2.45. The highest BCUT2D eigenvalue weighted by atomic mass is 16.5. The maximum atomic E-state index is 6.07. The van der Waals surface area contributed by atoms with Crippen LogP contribution >= 0.6 is 0 Å². The lowest BCUT2D eigenvalue weighted by molar-refractivity contribution is -0.169. The molecule has 2 rings (SSSR count). The summed E-state index contributed by atoms with van der Waals surface area (Å²) in [4.78, 5) is 0. The minimum Gasteiger partial charge on any atom is -0.372 e. The van der Waals surface area contributed by atoms with Gasteiger partial charge < -0.3 is 10.5 Å². The van der Waals surface area contributed by atoms with Crippen LogP contribution in [0.3, 0.4) is 0 Å². The molecular weight excluding hydrogens is 150 g/mol. The highest BCUT2D eigenvalue weighted by molar-refractivity contribution is 4.93. The summed E-state index contributed by atoms with van der Waals surface area (Å²) in [5.74, 6) is 0. The Morgan fingerprint density at radius 1 is 1.25 bits per heavy atom. The van der Waals surface area contributed by atoms with Crippen LogP contribution in [0.2, 0.25) is 0 Å². The molecule has 0 bridgehead atoms. The number of ether oxygens (including phenoxy) is 1. The van der Waals surface area contributed by atoms with E-state index in [-0.39, 0.29) is 0 Å². The van der Waals surface area contributed by atoms with Crippen LogP contribution in [-0.2, 0) is 4.74 Å². The molecule has 2 N–H and O–H groups in total. The van der Waals surface area contributed by atoms with Crippen molar-refractivity contribution in [1.29, 1.82) is 0 Å². The fraction of sp³-hybridized carbons (Fsp3) is 1.00. The second kappa shape index (κ2) is 3.35. The van der Waals surface area contributed by atoms with E-state index in [4.69, 9.17) is 10.5 Å². The SMILES string of the molecule is NCCC1CCCC2(CCC2)O1. The van der Waals surface area contributed by atoms with Gasteiger partial charge in [0.1, 0.15) is 0 Å². The van der Waals surface area contributed by atoms with Crippen molar-refractivity contribution >= 4 is 0 Å². The molecule has 0 aromatic carbocycles. The van der Waals surface area contributed by atoms with Crippen LogP contribution in [-0.4, -0.2) is 18.2 Å². The van der Waals surface area contributed by atoms with Crippen molar-refractivity contribution < 1.29 is 4.74 Å². The Hall–Kier alpha value is -0.0800. The average Bonchev–Trinajstić information content (AvgIpc) is 2.03. The fourth-order valence-electron chi connectivity index (χ4n) is 2.45. The Bertz CT molecular complexity index is 152. The van der Waals surface area contributed by atoms with Crippen LogP contribution in [0.15, 0.2) is 0 Å². The van der Waals surface area contributed by atoms with E-state index < -0.39 is 0 Å². The van der Waals surface area contributed by atoms with Gasteiger partial charge in [-0.05, 0) is 51.5 Å². The van der Waals surface area contributed by atoms with Crippen LogP contribution in [0.1, 0.15) is 44.9 Å². The van der Waals surface area contributed by atoms with E-state index in [1.54, 1.807) is 0 Å². The van der Waals surface area contributed by atoms with Crippen molar-refractivity contribution in [2.75, 3.05) is 6.54 Å². The van der Waals surface area contributed by atoms with Gasteiger partial charge in [0.2, 0.25) is 0 Å². The Kier molecular flexibility index (Phi) is 2.37. The van der Waals surface area contributed by atoms with Crippen LogP contribution in [0, 0.1) is 0 Å². The Balaban J connectivity index is 1.85. The predicted molar refractivity (Wildman–Crippen MR) is 49.0 cm³/mol. The third-order valence-corrected chi connectivity index (χ3v) is 3.33. The standard InChI is InChI=1S/C10H19NO/c11-8-4-9-3-1-5-10(12-9)6-2-7-10/h9H,1-8,11H2. The lowest BCUT2D eigenvalue weighted by atomic mass is 9.74. The molecule has 0 amide bonds. The molecule has 2 fully saturated rings. The first-order chi connectivity index (χ1) is 5.85. The molecule has 1 unspecified atom stereocenters. The minimum absolute atomic E-state index is 0.318. The molecule has 12 heavy (non-hydrogen) atoms. The predicted octanol–water partition coefficient (Wildman–Crippen LogP) is 1.83. The molecule has 0 aromatic heterocycles. The van der Waals surface area contributed by atoms with Crippen molar-refractivity contribution in [1.82, 2.24) is 0 Å². The van der Waals surface area contributed by atoms with Crippen molar-refractivity contribution in [2.45, 2.75) is 56.7 Å². The minimum atomic E-state index is 0.318. The topological polar surface area (TPSA) is 35.2 Å². The largest absolute Gasteiger partial charge is 0.372 e. The smallest absolute Gasteiger partial charge is 0.0686 e. The normalized spacial score (nSPS) is 33.2. The molecular formula is C10H19NO. The summed E-state index contributed by atoms with van der Waals surface area (Å²) in [6.07, 6.45) is 9.39. The molecule has 1 aliphatic carbocycles. The zero-order valence-electron chi connectivity index (χ0n) is 7.72. The molecule has 0 radical (unpaired) electrons. The van der Waals surface area contributed by atoms with Gasteiger partial charge in [0.05, 0.1) is 11.7 Å². The average molecular weight is 169 g/mol. The van der Waals surface area contributed by atoms with E-state index in [1.807, 2.05) is 0 Å². The highest BCUT2D eigenvalue weighted by Gasteiger charge is 2.41. The zero-order chi connectivity index (χ0) is 8.44. The van der Waals surface area contributed by atoms with Crippen LogP contribution in [0.4, 0.5) is 0 Å². The zero-order valence-corrected chi connectivity index (χ0v) is 7.72. The van der Waals surface area contributed by atoms with E-state index in [1.165, 1.54) is 38.5 Å². The third kappa shape index (κ3) is 1.50. The summed E-state index contributed by atoms with van der Waals surface area (Å²) in [6, 6.07) is 0. The van der Waals surface area contributed by atoms with E-state index in [0.717, 1.165) is 13.0 Å². The second-order valence-electron chi connectivity index (χ2n) is 4.25. The first kappa shape index (κ1) is 8.52. The molecule has 1 spiro atoms. The van der Waals surface area contributed by atoms with Crippen molar-refractivity contribution in [2.24, 2.45) is 5.73 Å². The maximum Gasteiger partial charge on any atom is 0.0686 e. The second-order valence-corrected chi connectivity index (χ2v) is 4.25. The van der Waals surface area contributed by atoms with Gasteiger partial charge >= 0.3 is 0 Å². The third-order valence-electron chi connectivity index (χ3n) is 3.33. The van der Waals surface area contributed by atoms with Crippen molar-refractivity contribution in [3.8, 4) is 0 Å². The van der Waals surface area contributed by atoms with Crippen molar-refractivity contribution in [3.05, 3.63) is 0 Å². The summed E-state index contributed by atoms with van der Waals surface area (Å²) >= 11 is 0. The summed E-state index contributed by atoms with van der Waals surface area (Å²) in [6.45, 7) is 0.779. The first-order valence-corrected chi connectivity index (χ1v) is 5.23. The van der Waals surface area contributed by atoms with Crippen LogP contribution in [0.25, 0.3) is 0 Å². The maximum absolute atomic E-state index is 6.07. The summed E-state index contributed by atoms with van der Waals surface area (Å²) in [5, 5.41) is 0. The molecule has 70 valence electrons. The monoisotopic (exact) mass is 169 g/mol. The number of nitrogens with two attached hydrogens (primary N) is 1.